The van der Waals surface area contributed by atoms with Crippen molar-refractivity contribution in [3.05, 3.63) is 38.9 Å². The standard InChI is InChI=1S/C8H6ClNO4/c9-7-1-2-8(10(12)13)6(3-7)4-14-5-11/h1-3,5H,4H2. The van der Waals surface area contributed by atoms with Gasteiger partial charge in [-0.05, 0) is 12.1 Å². The van der Waals surface area contributed by atoms with Crippen LogP contribution in [-0.4, -0.2) is 11.4 Å². The molecule has 0 saturated carbocycles. The molecule has 0 heterocycles. The molecule has 1 rings (SSSR count). The van der Waals surface area contributed by atoms with Crippen molar-refractivity contribution in [1.29, 1.82) is 0 Å². The zero-order valence-corrected chi connectivity index (χ0v) is 7.73. The molecule has 0 spiro atoms. The molecule has 0 radical (unpaired) electrons. The summed E-state index contributed by atoms with van der Waals surface area (Å²) in [5, 5.41) is 10.9. The molecule has 0 amide bonds. The van der Waals surface area contributed by atoms with Crippen molar-refractivity contribution >= 4 is 23.8 Å². The summed E-state index contributed by atoms with van der Waals surface area (Å²) in [5.74, 6) is 0. The Kier molecular flexibility index (Phi) is 3.41. The van der Waals surface area contributed by atoms with E-state index in [1.165, 1.54) is 18.2 Å². The van der Waals surface area contributed by atoms with Crippen molar-refractivity contribution < 1.29 is 14.5 Å². The van der Waals surface area contributed by atoms with Crippen molar-refractivity contribution in [3.8, 4) is 0 Å². The highest BCUT2D eigenvalue weighted by Gasteiger charge is 2.13. The predicted molar refractivity (Wildman–Crippen MR) is 49.0 cm³/mol. The van der Waals surface area contributed by atoms with Gasteiger partial charge in [0.25, 0.3) is 12.2 Å². The van der Waals surface area contributed by atoms with Gasteiger partial charge in [-0.2, -0.15) is 0 Å². The van der Waals surface area contributed by atoms with Crippen LogP contribution in [0, 0.1) is 10.1 Å². The molecule has 5 nitrogen and oxygen atoms in total. The lowest BCUT2D eigenvalue weighted by atomic mass is 10.2. The lowest BCUT2D eigenvalue weighted by molar-refractivity contribution is -0.385. The summed E-state index contributed by atoms with van der Waals surface area (Å²) in [7, 11) is 0. The lowest BCUT2D eigenvalue weighted by Crippen LogP contribution is -1.97. The quantitative estimate of drug-likeness (QED) is 0.437. The Labute approximate surface area is 84.4 Å². The molecule has 0 saturated heterocycles. The molecule has 14 heavy (non-hydrogen) atoms. The molecule has 0 unspecified atom stereocenters. The predicted octanol–water partition coefficient (Wildman–Crippen LogP) is 1.92. The number of carbonyl (C=O) groups is 1. The fourth-order valence-electron chi connectivity index (χ4n) is 0.972. The van der Waals surface area contributed by atoms with E-state index in [1.54, 1.807) is 0 Å². The number of hydrogen-bond acceptors (Lipinski definition) is 4. The van der Waals surface area contributed by atoms with Gasteiger partial charge in [0.1, 0.15) is 6.61 Å². The second-order valence-electron chi connectivity index (χ2n) is 2.44. The Morgan fingerprint density at radius 2 is 2.29 bits per heavy atom. The normalized spacial score (nSPS) is 9.50. The van der Waals surface area contributed by atoms with Crippen LogP contribution in [0.3, 0.4) is 0 Å². The van der Waals surface area contributed by atoms with Crippen LogP contribution in [0.1, 0.15) is 5.56 Å². The molecule has 0 aliphatic carbocycles. The first-order valence-corrected chi connectivity index (χ1v) is 4.01. The van der Waals surface area contributed by atoms with E-state index in [0.29, 0.717) is 5.02 Å². The summed E-state index contributed by atoms with van der Waals surface area (Å²) >= 11 is 5.63. The zero-order valence-electron chi connectivity index (χ0n) is 6.97. The smallest absolute Gasteiger partial charge is 0.293 e. The lowest BCUT2D eigenvalue weighted by Gasteiger charge is -2.01. The van der Waals surface area contributed by atoms with Gasteiger partial charge < -0.3 is 4.74 Å². The largest absolute Gasteiger partial charge is 0.463 e. The highest BCUT2D eigenvalue weighted by atomic mass is 35.5. The Balaban J connectivity index is 3.02. The van der Waals surface area contributed by atoms with Gasteiger partial charge in [0, 0.05) is 11.1 Å². The number of rotatable bonds is 4. The number of nitrogens with zero attached hydrogens (tertiary/aromatic N) is 1. The van der Waals surface area contributed by atoms with Gasteiger partial charge in [0.15, 0.2) is 0 Å². The Bertz CT molecular complexity index is 366. The van der Waals surface area contributed by atoms with E-state index < -0.39 is 4.92 Å². The highest BCUT2D eigenvalue weighted by molar-refractivity contribution is 6.30. The maximum atomic E-state index is 10.5. The molecule has 74 valence electrons. The monoisotopic (exact) mass is 215 g/mol. The maximum absolute atomic E-state index is 10.5. The average Bonchev–Trinajstić information content (AvgIpc) is 2.14. The van der Waals surface area contributed by atoms with Crippen LogP contribution in [0.2, 0.25) is 5.02 Å². The molecule has 6 heteroatoms. The number of carbonyl (C=O) groups excluding carboxylic acids is 1. The molecule has 0 aliphatic rings. The van der Waals surface area contributed by atoms with E-state index in [1.807, 2.05) is 0 Å². The number of benzene rings is 1. The third kappa shape index (κ3) is 2.43. The van der Waals surface area contributed by atoms with Gasteiger partial charge in [-0.15, -0.1) is 0 Å². The Hall–Kier alpha value is -1.62. The Morgan fingerprint density at radius 3 is 2.86 bits per heavy atom. The summed E-state index contributed by atoms with van der Waals surface area (Å²) in [4.78, 5) is 19.9. The van der Waals surface area contributed by atoms with Crippen molar-refractivity contribution in [2.24, 2.45) is 0 Å². The van der Waals surface area contributed by atoms with Crippen molar-refractivity contribution in [2.75, 3.05) is 0 Å². The van der Waals surface area contributed by atoms with Crippen LogP contribution in [0.25, 0.3) is 0 Å². The van der Waals surface area contributed by atoms with Crippen LogP contribution in [-0.2, 0) is 16.1 Å². The molecule has 0 N–H and O–H groups in total. The summed E-state index contributed by atoms with van der Waals surface area (Å²) in [6, 6.07) is 4.07. The van der Waals surface area contributed by atoms with Crippen LogP contribution in [0.4, 0.5) is 5.69 Å². The number of ether oxygens (including phenoxy) is 1. The van der Waals surface area contributed by atoms with Crippen LogP contribution in [0.5, 0.6) is 0 Å². The van der Waals surface area contributed by atoms with Crippen LogP contribution >= 0.6 is 11.6 Å². The second-order valence-corrected chi connectivity index (χ2v) is 2.87. The van der Waals surface area contributed by atoms with Gasteiger partial charge in [-0.3, -0.25) is 14.9 Å². The third-order valence-corrected chi connectivity index (χ3v) is 1.78. The molecule has 0 fully saturated rings. The van der Waals surface area contributed by atoms with Gasteiger partial charge in [0.2, 0.25) is 0 Å². The molecule has 0 aliphatic heterocycles. The highest BCUT2D eigenvalue weighted by Crippen LogP contribution is 2.22. The number of nitro benzene ring substituents is 1. The van der Waals surface area contributed by atoms with E-state index in [2.05, 4.69) is 4.74 Å². The van der Waals surface area contributed by atoms with Crippen molar-refractivity contribution in [3.63, 3.8) is 0 Å². The van der Waals surface area contributed by atoms with E-state index in [4.69, 9.17) is 11.6 Å². The zero-order chi connectivity index (χ0) is 10.6. The van der Waals surface area contributed by atoms with Crippen molar-refractivity contribution in [1.82, 2.24) is 0 Å². The first-order valence-electron chi connectivity index (χ1n) is 3.63. The van der Waals surface area contributed by atoms with Crippen molar-refractivity contribution in [2.45, 2.75) is 6.61 Å². The minimum Gasteiger partial charge on any atom is -0.463 e. The van der Waals surface area contributed by atoms with Gasteiger partial charge in [0.05, 0.1) is 10.5 Å². The van der Waals surface area contributed by atoms with Gasteiger partial charge in [-0.25, -0.2) is 0 Å². The molecule has 0 atom stereocenters. The van der Waals surface area contributed by atoms with E-state index in [-0.39, 0.29) is 24.3 Å². The molecule has 1 aromatic rings. The Morgan fingerprint density at radius 1 is 1.57 bits per heavy atom. The van der Waals surface area contributed by atoms with Crippen LogP contribution < -0.4 is 0 Å². The maximum Gasteiger partial charge on any atom is 0.293 e. The van der Waals surface area contributed by atoms with E-state index >= 15 is 0 Å². The SMILES string of the molecule is O=COCc1cc(Cl)ccc1[N+](=O)[O-]. The van der Waals surface area contributed by atoms with E-state index in [0.717, 1.165) is 0 Å². The van der Waals surface area contributed by atoms with Gasteiger partial charge >= 0.3 is 0 Å². The molecule has 0 aromatic heterocycles. The molecular formula is C8H6ClNO4. The average molecular weight is 216 g/mol. The van der Waals surface area contributed by atoms with Crippen LogP contribution in [0.15, 0.2) is 18.2 Å². The first kappa shape index (κ1) is 10.5. The molecule has 0 bridgehead atoms. The minimum atomic E-state index is -0.556. The van der Waals surface area contributed by atoms with Gasteiger partial charge in [-0.1, -0.05) is 11.6 Å². The fraction of sp³-hybridized carbons (Fsp3) is 0.125. The summed E-state index contributed by atoms with van der Waals surface area (Å²) < 4.78 is 4.42. The topological polar surface area (TPSA) is 69.4 Å². The molecule has 1 aromatic carbocycles. The summed E-state index contributed by atoms with van der Waals surface area (Å²) in [6.07, 6.45) is 0. The second kappa shape index (κ2) is 4.57. The number of hydrogen-bond donors (Lipinski definition) is 0. The summed E-state index contributed by atoms with van der Waals surface area (Å²) in [5.41, 5.74) is 0.158. The summed E-state index contributed by atoms with van der Waals surface area (Å²) in [6.45, 7) is 0.0744. The molecular weight excluding hydrogens is 210 g/mol. The minimum absolute atomic E-state index is 0.115. The first-order chi connectivity index (χ1) is 6.65. The number of nitro groups is 1. The van der Waals surface area contributed by atoms with E-state index in [9.17, 15) is 14.9 Å². The third-order valence-electron chi connectivity index (χ3n) is 1.55. The fourth-order valence-corrected chi connectivity index (χ4v) is 1.17. The number of halogens is 1.